The second-order valence-corrected chi connectivity index (χ2v) is 8.10. The van der Waals surface area contributed by atoms with Crippen molar-refractivity contribution in [1.29, 1.82) is 0 Å². The number of aromatic amines is 1. The van der Waals surface area contributed by atoms with Crippen LogP contribution in [0.5, 0.6) is 0 Å². The molecule has 0 spiro atoms. The predicted octanol–water partition coefficient (Wildman–Crippen LogP) is 3.94. The molecule has 0 radical (unpaired) electrons. The van der Waals surface area contributed by atoms with Crippen molar-refractivity contribution in [3.05, 3.63) is 93.6 Å². The van der Waals surface area contributed by atoms with E-state index in [2.05, 4.69) is 15.5 Å². The summed E-state index contributed by atoms with van der Waals surface area (Å²) in [6.45, 7) is 0.657. The lowest BCUT2D eigenvalue weighted by atomic mass is 10.2. The summed E-state index contributed by atoms with van der Waals surface area (Å²) in [6.07, 6.45) is 0. The zero-order valence-electron chi connectivity index (χ0n) is 16.4. The number of carbonyl (C=O) groups excluding carboxylic acids is 1. The molecular formula is C22H19ClN4O3S. The van der Waals surface area contributed by atoms with Gasteiger partial charge in [0.05, 0.1) is 18.8 Å². The molecular weight excluding hydrogens is 436 g/mol. The molecule has 31 heavy (non-hydrogen) atoms. The van der Waals surface area contributed by atoms with E-state index in [1.807, 2.05) is 54.6 Å². The van der Waals surface area contributed by atoms with Crippen molar-refractivity contribution >= 4 is 29.3 Å². The summed E-state index contributed by atoms with van der Waals surface area (Å²) in [6, 6.07) is 20.6. The van der Waals surface area contributed by atoms with Crippen LogP contribution < -0.4 is 11.0 Å². The van der Waals surface area contributed by atoms with Crippen molar-refractivity contribution in [2.45, 2.75) is 18.2 Å². The molecule has 0 aliphatic carbocycles. The third kappa shape index (κ3) is 5.48. The molecule has 7 nitrogen and oxygen atoms in total. The zero-order valence-corrected chi connectivity index (χ0v) is 17.9. The first-order valence-electron chi connectivity index (χ1n) is 9.52. The summed E-state index contributed by atoms with van der Waals surface area (Å²) >= 11 is 7.11. The van der Waals surface area contributed by atoms with Gasteiger partial charge < -0.3 is 9.73 Å². The van der Waals surface area contributed by atoms with Gasteiger partial charge in [0.25, 0.3) is 0 Å². The fourth-order valence-corrected chi connectivity index (χ4v) is 3.83. The minimum absolute atomic E-state index is 0.129. The molecule has 2 heterocycles. The Morgan fingerprint density at radius 2 is 1.87 bits per heavy atom. The highest BCUT2D eigenvalue weighted by Gasteiger charge is 2.12. The Balaban J connectivity index is 1.30. The van der Waals surface area contributed by atoms with E-state index in [9.17, 15) is 9.59 Å². The van der Waals surface area contributed by atoms with E-state index in [4.69, 9.17) is 16.0 Å². The molecule has 0 aliphatic heterocycles. The molecule has 2 aromatic heterocycles. The first-order chi connectivity index (χ1) is 15.1. The van der Waals surface area contributed by atoms with Gasteiger partial charge in [0.2, 0.25) is 5.91 Å². The van der Waals surface area contributed by atoms with E-state index in [-0.39, 0.29) is 23.9 Å². The number of thioether (sulfide) groups is 1. The zero-order chi connectivity index (χ0) is 21.6. The number of nitrogens with one attached hydrogen (secondary N) is 2. The molecule has 158 valence electrons. The smallest absolute Gasteiger partial charge is 0.344 e. The van der Waals surface area contributed by atoms with Gasteiger partial charge >= 0.3 is 5.69 Å². The average Bonchev–Trinajstić information content (AvgIpc) is 3.39. The van der Waals surface area contributed by atoms with Crippen molar-refractivity contribution in [3.8, 4) is 11.3 Å². The predicted molar refractivity (Wildman–Crippen MR) is 120 cm³/mol. The molecule has 9 heteroatoms. The maximum Gasteiger partial charge on any atom is 0.344 e. The molecule has 4 rings (SSSR count). The van der Waals surface area contributed by atoms with Crippen molar-refractivity contribution in [2.75, 3.05) is 5.75 Å². The summed E-state index contributed by atoms with van der Waals surface area (Å²) < 4.78 is 7.30. The second kappa shape index (κ2) is 9.72. The molecule has 0 saturated carbocycles. The van der Waals surface area contributed by atoms with Crippen LogP contribution in [-0.4, -0.2) is 26.4 Å². The molecule has 4 aromatic rings. The number of furan rings is 1. The normalized spacial score (nSPS) is 10.9. The van der Waals surface area contributed by atoms with Gasteiger partial charge in [-0.3, -0.25) is 9.36 Å². The molecule has 2 N–H and O–H groups in total. The molecule has 0 fully saturated rings. The van der Waals surface area contributed by atoms with Gasteiger partial charge in [0.15, 0.2) is 5.16 Å². The van der Waals surface area contributed by atoms with E-state index < -0.39 is 0 Å². The van der Waals surface area contributed by atoms with Crippen LogP contribution in [0.15, 0.2) is 81.1 Å². The first-order valence-corrected chi connectivity index (χ1v) is 10.9. The monoisotopic (exact) mass is 454 g/mol. The van der Waals surface area contributed by atoms with Crippen LogP contribution in [0.4, 0.5) is 0 Å². The van der Waals surface area contributed by atoms with E-state index in [1.54, 1.807) is 12.1 Å². The molecule has 0 unspecified atom stereocenters. The molecule has 0 atom stereocenters. The summed E-state index contributed by atoms with van der Waals surface area (Å²) in [4.78, 5) is 24.3. The standard InChI is InChI=1S/C22H19ClN4O3S/c23-17-8-6-16(7-9-17)19-11-10-18(30-19)12-24-20(28)14-31-22-26-25-21(29)27(22)13-15-4-2-1-3-5-15/h1-11H,12-14H2,(H,24,28)(H,25,29). The lowest BCUT2D eigenvalue weighted by Crippen LogP contribution is -2.25. The number of aromatic nitrogens is 3. The van der Waals surface area contributed by atoms with Gasteiger partial charge in [0, 0.05) is 10.6 Å². The average molecular weight is 455 g/mol. The minimum Gasteiger partial charge on any atom is -0.459 e. The van der Waals surface area contributed by atoms with Crippen LogP contribution in [0.2, 0.25) is 5.02 Å². The molecule has 0 bridgehead atoms. The highest BCUT2D eigenvalue weighted by molar-refractivity contribution is 7.99. The summed E-state index contributed by atoms with van der Waals surface area (Å²) in [7, 11) is 0. The van der Waals surface area contributed by atoms with Gasteiger partial charge in [-0.1, -0.05) is 53.7 Å². The maximum absolute atomic E-state index is 12.3. The van der Waals surface area contributed by atoms with Gasteiger partial charge in [-0.15, -0.1) is 5.10 Å². The Morgan fingerprint density at radius 1 is 1.10 bits per heavy atom. The van der Waals surface area contributed by atoms with Gasteiger partial charge in [-0.2, -0.15) is 0 Å². The Labute approximate surface area is 187 Å². The Bertz CT molecular complexity index is 1220. The van der Waals surface area contributed by atoms with E-state index in [1.165, 1.54) is 16.3 Å². The SMILES string of the molecule is O=C(CSc1n[nH]c(=O)n1Cc1ccccc1)NCc1ccc(-c2ccc(Cl)cc2)o1. The largest absolute Gasteiger partial charge is 0.459 e. The molecule has 0 aliphatic rings. The van der Waals surface area contributed by atoms with Crippen LogP contribution in [0.25, 0.3) is 11.3 Å². The van der Waals surface area contributed by atoms with Crippen LogP contribution in [0.3, 0.4) is 0 Å². The van der Waals surface area contributed by atoms with Crippen molar-refractivity contribution < 1.29 is 9.21 Å². The second-order valence-electron chi connectivity index (χ2n) is 6.72. The first kappa shape index (κ1) is 21.0. The number of halogens is 1. The number of amides is 1. The molecule has 0 saturated heterocycles. The van der Waals surface area contributed by atoms with Crippen molar-refractivity contribution in [1.82, 2.24) is 20.1 Å². The van der Waals surface area contributed by atoms with Gasteiger partial charge in [-0.05, 0) is 42.0 Å². The highest BCUT2D eigenvalue weighted by atomic mass is 35.5. The molecule has 1 amide bonds. The Morgan fingerprint density at radius 3 is 2.65 bits per heavy atom. The highest BCUT2D eigenvalue weighted by Crippen LogP contribution is 2.23. The quantitative estimate of drug-likeness (QED) is 0.393. The summed E-state index contributed by atoms with van der Waals surface area (Å²) in [5, 5.41) is 10.4. The number of hydrogen-bond acceptors (Lipinski definition) is 5. The fraction of sp³-hybridized carbons (Fsp3) is 0.136. The Hall–Kier alpha value is -3.23. The number of rotatable bonds is 8. The summed E-state index contributed by atoms with van der Waals surface area (Å²) in [5.41, 5.74) is 1.58. The fourth-order valence-electron chi connectivity index (χ4n) is 2.93. The lowest BCUT2D eigenvalue weighted by molar-refractivity contribution is -0.118. The van der Waals surface area contributed by atoms with Gasteiger partial charge in [0.1, 0.15) is 11.5 Å². The van der Waals surface area contributed by atoms with Crippen LogP contribution in [-0.2, 0) is 17.9 Å². The maximum atomic E-state index is 12.3. The van der Waals surface area contributed by atoms with Crippen LogP contribution >= 0.6 is 23.4 Å². The Kier molecular flexibility index (Phi) is 6.59. The number of carbonyl (C=O) groups is 1. The van der Waals surface area contributed by atoms with Crippen molar-refractivity contribution in [3.63, 3.8) is 0 Å². The minimum atomic E-state index is -0.308. The third-order valence-electron chi connectivity index (χ3n) is 4.49. The van der Waals surface area contributed by atoms with E-state index in [0.29, 0.717) is 28.2 Å². The van der Waals surface area contributed by atoms with Gasteiger partial charge in [-0.25, -0.2) is 9.89 Å². The topological polar surface area (TPSA) is 92.9 Å². The van der Waals surface area contributed by atoms with E-state index in [0.717, 1.165) is 11.1 Å². The number of H-pyrrole nitrogens is 1. The van der Waals surface area contributed by atoms with E-state index >= 15 is 0 Å². The lowest BCUT2D eigenvalue weighted by Gasteiger charge is -2.06. The van der Waals surface area contributed by atoms with Crippen LogP contribution in [0.1, 0.15) is 11.3 Å². The third-order valence-corrected chi connectivity index (χ3v) is 5.72. The molecule has 2 aromatic carbocycles. The van der Waals surface area contributed by atoms with Crippen LogP contribution in [0, 0.1) is 0 Å². The number of benzene rings is 2. The number of hydrogen-bond donors (Lipinski definition) is 2. The number of nitrogens with zero attached hydrogens (tertiary/aromatic N) is 2. The van der Waals surface area contributed by atoms with Crippen molar-refractivity contribution in [2.24, 2.45) is 0 Å². The summed E-state index contributed by atoms with van der Waals surface area (Å²) in [5.74, 6) is 1.29.